The Morgan fingerprint density at radius 1 is 1.38 bits per heavy atom. The Balaban J connectivity index is 2.12. The molecule has 116 valence electrons. The Morgan fingerprint density at radius 3 is 2.76 bits per heavy atom. The largest absolute Gasteiger partial charge is 0.397 e. The molecule has 2 rings (SSSR count). The first kappa shape index (κ1) is 16.1. The Hall–Kier alpha value is -1.29. The molecule has 1 atom stereocenters. The summed E-state index contributed by atoms with van der Waals surface area (Å²) < 4.78 is 0. The van der Waals surface area contributed by atoms with Crippen LogP contribution in [0.5, 0.6) is 0 Å². The van der Waals surface area contributed by atoms with Crippen molar-refractivity contribution in [1.29, 1.82) is 0 Å². The van der Waals surface area contributed by atoms with Crippen molar-refractivity contribution < 1.29 is 4.79 Å². The molecule has 1 aliphatic rings. The fourth-order valence-corrected chi connectivity index (χ4v) is 3.12. The van der Waals surface area contributed by atoms with Crippen molar-refractivity contribution >= 4 is 23.2 Å². The number of hydrogen-bond donors (Lipinski definition) is 1. The van der Waals surface area contributed by atoms with Crippen molar-refractivity contribution in [1.82, 2.24) is 9.88 Å². The summed E-state index contributed by atoms with van der Waals surface area (Å²) in [6.07, 6.45) is 4.69. The summed E-state index contributed by atoms with van der Waals surface area (Å²) >= 11 is 5.88. The van der Waals surface area contributed by atoms with Crippen LogP contribution in [0.15, 0.2) is 12.3 Å². The van der Waals surface area contributed by atoms with Gasteiger partial charge in [-0.3, -0.25) is 4.79 Å². The molecule has 0 saturated carbocycles. The number of halogens is 1. The molecule has 0 aromatic carbocycles. The van der Waals surface area contributed by atoms with Crippen molar-refractivity contribution in [2.24, 2.45) is 11.3 Å². The first-order valence-electron chi connectivity index (χ1n) is 7.49. The van der Waals surface area contributed by atoms with Crippen LogP contribution in [0.1, 0.15) is 50.4 Å². The second-order valence-electron chi connectivity index (χ2n) is 6.88. The van der Waals surface area contributed by atoms with Gasteiger partial charge in [-0.1, -0.05) is 32.4 Å². The molecule has 2 heterocycles. The maximum absolute atomic E-state index is 12.6. The molecule has 1 aromatic rings. The number of nitrogen functional groups attached to an aromatic ring is 1. The van der Waals surface area contributed by atoms with E-state index in [9.17, 15) is 4.79 Å². The second-order valence-corrected chi connectivity index (χ2v) is 7.27. The Kier molecular flexibility index (Phi) is 4.77. The molecule has 1 aliphatic heterocycles. The number of rotatable bonds is 1. The molecule has 0 aliphatic carbocycles. The minimum absolute atomic E-state index is 0.0358. The third-order valence-corrected chi connectivity index (χ3v) is 4.58. The van der Waals surface area contributed by atoms with Gasteiger partial charge in [-0.2, -0.15) is 0 Å². The quantitative estimate of drug-likeness (QED) is 0.806. The van der Waals surface area contributed by atoms with Crippen LogP contribution in [0.4, 0.5) is 5.69 Å². The van der Waals surface area contributed by atoms with Crippen molar-refractivity contribution in [2.45, 2.75) is 40.0 Å². The zero-order valence-corrected chi connectivity index (χ0v) is 13.8. The normalized spacial score (nSPS) is 20.2. The third kappa shape index (κ3) is 3.88. The summed E-state index contributed by atoms with van der Waals surface area (Å²) in [5.74, 6) is 0.611. The molecule has 1 amide bonds. The van der Waals surface area contributed by atoms with Crippen molar-refractivity contribution in [3.05, 3.63) is 23.0 Å². The predicted molar refractivity (Wildman–Crippen MR) is 86.4 cm³/mol. The molecule has 1 fully saturated rings. The number of hydrogen-bond acceptors (Lipinski definition) is 3. The van der Waals surface area contributed by atoms with E-state index in [-0.39, 0.29) is 11.3 Å². The maximum atomic E-state index is 12.6. The molecule has 1 saturated heterocycles. The lowest BCUT2D eigenvalue weighted by atomic mass is 9.77. The van der Waals surface area contributed by atoms with E-state index in [1.54, 1.807) is 6.07 Å². The molecule has 4 nitrogen and oxygen atoms in total. The molecule has 1 unspecified atom stereocenters. The van der Waals surface area contributed by atoms with Gasteiger partial charge in [0, 0.05) is 13.1 Å². The maximum Gasteiger partial charge on any atom is 0.256 e. The van der Waals surface area contributed by atoms with Gasteiger partial charge >= 0.3 is 0 Å². The summed E-state index contributed by atoms with van der Waals surface area (Å²) in [5, 5.41) is 0.301. The standard InChI is InChI=1S/C16H24ClN3O/c1-16(2,3)11-5-4-7-20(8-6-11)15(21)12-9-14(17)19-10-13(12)18/h9-11H,4-8,18H2,1-3H3. The molecule has 21 heavy (non-hydrogen) atoms. The van der Waals surface area contributed by atoms with Gasteiger partial charge in [0.2, 0.25) is 0 Å². The lowest BCUT2D eigenvalue weighted by Crippen LogP contribution is -2.33. The number of carbonyl (C=O) groups excluding carboxylic acids is 1. The molecular weight excluding hydrogens is 286 g/mol. The van der Waals surface area contributed by atoms with Gasteiger partial charge in [0.1, 0.15) is 5.15 Å². The van der Waals surface area contributed by atoms with Gasteiger partial charge < -0.3 is 10.6 Å². The number of pyridine rings is 1. The highest BCUT2D eigenvalue weighted by atomic mass is 35.5. The number of anilines is 1. The highest BCUT2D eigenvalue weighted by Crippen LogP contribution is 2.34. The first-order chi connectivity index (χ1) is 9.79. The summed E-state index contributed by atoms with van der Waals surface area (Å²) in [5.41, 5.74) is 7.01. The SMILES string of the molecule is CC(C)(C)C1CCCN(C(=O)c2cc(Cl)ncc2N)CC1. The highest BCUT2D eigenvalue weighted by Gasteiger charge is 2.29. The Labute approximate surface area is 131 Å². The van der Waals surface area contributed by atoms with Gasteiger partial charge in [0.15, 0.2) is 0 Å². The molecule has 0 spiro atoms. The molecular formula is C16H24ClN3O. The summed E-state index contributed by atoms with van der Waals surface area (Å²) in [6.45, 7) is 8.38. The number of likely N-dealkylation sites (tertiary alicyclic amines) is 1. The van der Waals surface area contributed by atoms with Crippen molar-refractivity contribution in [2.75, 3.05) is 18.8 Å². The van der Waals surface area contributed by atoms with Crippen LogP contribution in [0.3, 0.4) is 0 Å². The van der Waals surface area contributed by atoms with Crippen LogP contribution < -0.4 is 5.73 Å². The lowest BCUT2D eigenvalue weighted by Gasteiger charge is -2.29. The van der Waals surface area contributed by atoms with E-state index < -0.39 is 0 Å². The fraction of sp³-hybridized carbons (Fsp3) is 0.625. The van der Waals surface area contributed by atoms with E-state index in [1.165, 1.54) is 12.6 Å². The van der Waals surface area contributed by atoms with E-state index in [2.05, 4.69) is 25.8 Å². The van der Waals surface area contributed by atoms with E-state index in [4.69, 9.17) is 17.3 Å². The molecule has 2 N–H and O–H groups in total. The van der Waals surface area contributed by atoms with E-state index in [1.807, 2.05) is 4.90 Å². The van der Waals surface area contributed by atoms with Crippen molar-refractivity contribution in [3.63, 3.8) is 0 Å². The molecule has 1 aromatic heterocycles. The number of nitrogens with two attached hydrogens (primary N) is 1. The molecule has 0 bridgehead atoms. The van der Waals surface area contributed by atoms with Gasteiger partial charge in [-0.05, 0) is 36.7 Å². The van der Waals surface area contributed by atoms with Gasteiger partial charge in [-0.25, -0.2) is 4.98 Å². The number of aromatic nitrogens is 1. The minimum Gasteiger partial charge on any atom is -0.397 e. The smallest absolute Gasteiger partial charge is 0.256 e. The molecule has 0 radical (unpaired) electrons. The topological polar surface area (TPSA) is 59.2 Å². The van der Waals surface area contributed by atoms with Gasteiger partial charge in [0.25, 0.3) is 5.91 Å². The van der Waals surface area contributed by atoms with E-state index >= 15 is 0 Å². The number of amides is 1. The van der Waals surface area contributed by atoms with Crippen molar-refractivity contribution in [3.8, 4) is 0 Å². The average Bonchev–Trinajstić information content (AvgIpc) is 2.66. The Morgan fingerprint density at radius 2 is 2.10 bits per heavy atom. The van der Waals surface area contributed by atoms with Crippen LogP contribution in [-0.4, -0.2) is 28.9 Å². The number of carbonyl (C=O) groups is 1. The predicted octanol–water partition coefficient (Wildman–Crippen LogP) is 3.61. The van der Waals surface area contributed by atoms with Crippen LogP contribution in [0.25, 0.3) is 0 Å². The van der Waals surface area contributed by atoms with Gasteiger partial charge in [-0.15, -0.1) is 0 Å². The minimum atomic E-state index is -0.0358. The van der Waals surface area contributed by atoms with Crippen LogP contribution >= 0.6 is 11.6 Å². The lowest BCUT2D eigenvalue weighted by molar-refractivity contribution is 0.0756. The summed E-state index contributed by atoms with van der Waals surface area (Å²) in [6, 6.07) is 1.56. The zero-order valence-electron chi connectivity index (χ0n) is 13.0. The third-order valence-electron chi connectivity index (χ3n) is 4.37. The van der Waals surface area contributed by atoms with Crippen LogP contribution in [0, 0.1) is 11.3 Å². The van der Waals surface area contributed by atoms with E-state index in [0.29, 0.717) is 22.3 Å². The average molecular weight is 310 g/mol. The van der Waals surface area contributed by atoms with Crippen LogP contribution in [-0.2, 0) is 0 Å². The van der Waals surface area contributed by atoms with E-state index in [0.717, 1.165) is 25.9 Å². The Bertz CT molecular complexity index is 525. The van der Waals surface area contributed by atoms with Crippen LogP contribution in [0.2, 0.25) is 5.15 Å². The second kappa shape index (κ2) is 6.22. The monoisotopic (exact) mass is 309 g/mol. The summed E-state index contributed by atoms with van der Waals surface area (Å²) in [7, 11) is 0. The first-order valence-corrected chi connectivity index (χ1v) is 7.87. The fourth-order valence-electron chi connectivity index (χ4n) is 2.96. The zero-order chi connectivity index (χ0) is 15.6. The molecule has 5 heteroatoms. The van der Waals surface area contributed by atoms with Gasteiger partial charge in [0.05, 0.1) is 17.4 Å². The highest BCUT2D eigenvalue weighted by molar-refractivity contribution is 6.29. The number of nitrogens with zero attached hydrogens (tertiary/aromatic N) is 2. The summed E-state index contributed by atoms with van der Waals surface area (Å²) in [4.78, 5) is 18.4.